The van der Waals surface area contributed by atoms with Crippen LogP contribution >= 0.6 is 0 Å². The average Bonchev–Trinajstić information content (AvgIpc) is 3.44. The van der Waals surface area contributed by atoms with Gasteiger partial charge in [0.1, 0.15) is 11.6 Å². The lowest BCUT2D eigenvalue weighted by molar-refractivity contribution is -0.117. The van der Waals surface area contributed by atoms with Crippen molar-refractivity contribution in [2.24, 2.45) is 0 Å². The molecule has 0 aliphatic carbocycles. The SMILES string of the molecule is CC1(C)CN(S(=O)(=O)c2cc(F)cc(F)c2)Cc2c(NC(=O)c3ccc(N4CCOCC4)cc3NC(=O)CN3CCCCC3)n[nH]c21. The molecule has 47 heavy (non-hydrogen) atoms. The van der Waals surface area contributed by atoms with Crippen LogP contribution in [-0.2, 0) is 31.5 Å². The Balaban J connectivity index is 1.27. The molecule has 3 aliphatic heterocycles. The van der Waals surface area contributed by atoms with Crippen molar-refractivity contribution >= 4 is 39.0 Å². The van der Waals surface area contributed by atoms with E-state index in [1.54, 1.807) is 12.1 Å². The third kappa shape index (κ3) is 7.17. The molecular weight excluding hydrogens is 632 g/mol. The molecule has 2 saturated heterocycles. The van der Waals surface area contributed by atoms with Gasteiger partial charge in [0, 0.05) is 54.6 Å². The Kier molecular flexibility index (Phi) is 9.34. The Morgan fingerprint density at radius 3 is 2.38 bits per heavy atom. The highest BCUT2D eigenvalue weighted by Crippen LogP contribution is 2.38. The number of nitrogens with one attached hydrogen (secondary N) is 3. The Morgan fingerprint density at radius 2 is 1.68 bits per heavy atom. The van der Waals surface area contributed by atoms with E-state index in [1.165, 1.54) is 0 Å². The number of hydrogen-bond donors (Lipinski definition) is 3. The van der Waals surface area contributed by atoms with E-state index >= 15 is 0 Å². The van der Waals surface area contributed by atoms with Crippen LogP contribution in [0, 0.1) is 11.6 Å². The van der Waals surface area contributed by atoms with Crippen molar-refractivity contribution < 1.29 is 31.5 Å². The molecule has 4 heterocycles. The van der Waals surface area contributed by atoms with Gasteiger partial charge in [-0.2, -0.15) is 9.40 Å². The summed E-state index contributed by atoms with van der Waals surface area (Å²) in [5.41, 5.74) is 1.66. The molecule has 0 atom stereocenters. The molecule has 252 valence electrons. The number of hydrogen-bond acceptors (Lipinski definition) is 8. The Hall–Kier alpha value is -3.92. The molecule has 0 saturated carbocycles. The maximum Gasteiger partial charge on any atom is 0.258 e. The van der Waals surface area contributed by atoms with Gasteiger partial charge >= 0.3 is 0 Å². The minimum absolute atomic E-state index is 0.00620. The zero-order valence-electron chi connectivity index (χ0n) is 26.4. The van der Waals surface area contributed by atoms with E-state index in [9.17, 15) is 26.8 Å². The van der Waals surface area contributed by atoms with Gasteiger partial charge in [-0.25, -0.2) is 17.2 Å². The van der Waals surface area contributed by atoms with Gasteiger partial charge in [0.2, 0.25) is 15.9 Å². The molecule has 15 heteroatoms. The van der Waals surface area contributed by atoms with Crippen LogP contribution in [0.1, 0.15) is 54.7 Å². The number of halogens is 2. The molecule has 6 rings (SSSR count). The van der Waals surface area contributed by atoms with Crippen LogP contribution < -0.4 is 15.5 Å². The zero-order valence-corrected chi connectivity index (χ0v) is 27.3. The largest absolute Gasteiger partial charge is 0.378 e. The number of carbonyl (C=O) groups excluding carboxylic acids is 2. The first kappa shape index (κ1) is 33.0. The molecule has 2 amide bonds. The molecule has 3 aliphatic rings. The fraction of sp³-hybridized carbons (Fsp3) is 0.469. The topological polar surface area (TPSA) is 140 Å². The third-order valence-electron chi connectivity index (χ3n) is 8.87. The predicted octanol–water partition coefficient (Wildman–Crippen LogP) is 3.68. The summed E-state index contributed by atoms with van der Waals surface area (Å²) in [4.78, 5) is 30.7. The lowest BCUT2D eigenvalue weighted by atomic mass is 9.84. The van der Waals surface area contributed by atoms with Crippen LogP contribution in [0.3, 0.4) is 0 Å². The molecule has 0 spiro atoms. The van der Waals surface area contributed by atoms with Gasteiger partial charge in [-0.15, -0.1) is 0 Å². The number of benzene rings is 2. The molecule has 1 aromatic heterocycles. The second-order valence-electron chi connectivity index (χ2n) is 12.9. The van der Waals surface area contributed by atoms with Crippen molar-refractivity contribution in [2.75, 3.05) is 68.0 Å². The van der Waals surface area contributed by atoms with Crippen LogP contribution in [0.25, 0.3) is 0 Å². The highest BCUT2D eigenvalue weighted by molar-refractivity contribution is 7.89. The van der Waals surface area contributed by atoms with Crippen molar-refractivity contribution in [3.05, 3.63) is 64.9 Å². The summed E-state index contributed by atoms with van der Waals surface area (Å²) in [6, 6.07) is 7.41. The number of fused-ring (bicyclic) bond motifs is 1. The standard InChI is InChI=1S/C32H39F2N7O5S/c1-32(2)20-41(47(44,45)24-15-21(33)14-22(34)16-24)18-26-29(32)37-38-30(26)36-31(43)25-7-6-23(40-10-12-46-13-11-40)17-27(25)35-28(42)19-39-8-4-3-5-9-39/h6-7,14-17H,3-5,8-13,18-20H2,1-2H3,(H,35,42)(H2,36,37,38,43). The maximum atomic E-state index is 14.0. The Bertz CT molecular complexity index is 1750. The van der Waals surface area contributed by atoms with Crippen molar-refractivity contribution in [1.82, 2.24) is 19.4 Å². The Labute approximate surface area is 272 Å². The third-order valence-corrected chi connectivity index (χ3v) is 10.6. The number of morpholine rings is 1. The fourth-order valence-corrected chi connectivity index (χ4v) is 8.08. The summed E-state index contributed by atoms with van der Waals surface area (Å²) in [6.45, 7) is 7.81. The monoisotopic (exact) mass is 671 g/mol. The molecule has 2 aromatic carbocycles. The molecule has 3 N–H and O–H groups in total. The van der Waals surface area contributed by atoms with E-state index in [4.69, 9.17) is 4.74 Å². The second-order valence-corrected chi connectivity index (χ2v) is 14.8. The lowest BCUT2D eigenvalue weighted by Gasteiger charge is -2.36. The molecule has 2 fully saturated rings. The summed E-state index contributed by atoms with van der Waals surface area (Å²) < 4.78 is 61.6. The number of sulfonamides is 1. The van der Waals surface area contributed by atoms with Gasteiger partial charge in [0.15, 0.2) is 5.82 Å². The Morgan fingerprint density at radius 1 is 0.979 bits per heavy atom. The summed E-state index contributed by atoms with van der Waals surface area (Å²) in [7, 11) is -4.31. The summed E-state index contributed by atoms with van der Waals surface area (Å²) >= 11 is 0. The number of H-pyrrole nitrogens is 1. The summed E-state index contributed by atoms with van der Waals surface area (Å²) in [5.74, 6) is -2.67. The molecule has 3 aromatic rings. The predicted molar refractivity (Wildman–Crippen MR) is 172 cm³/mol. The summed E-state index contributed by atoms with van der Waals surface area (Å²) in [5, 5.41) is 13.0. The molecule has 0 bridgehead atoms. The van der Waals surface area contributed by atoms with Crippen LogP contribution in [0.15, 0.2) is 41.3 Å². The highest BCUT2D eigenvalue weighted by atomic mass is 32.2. The number of aromatic nitrogens is 2. The van der Waals surface area contributed by atoms with Crippen LogP contribution in [0.2, 0.25) is 0 Å². The number of nitrogens with zero attached hydrogens (tertiary/aromatic N) is 4. The van der Waals surface area contributed by atoms with Crippen molar-refractivity contribution in [2.45, 2.75) is 50.0 Å². The van der Waals surface area contributed by atoms with Crippen molar-refractivity contribution in [3.63, 3.8) is 0 Å². The number of likely N-dealkylation sites (tertiary alicyclic amines) is 1. The van der Waals surface area contributed by atoms with Crippen LogP contribution in [0.4, 0.5) is 26.0 Å². The van der Waals surface area contributed by atoms with Gasteiger partial charge in [0.25, 0.3) is 5.91 Å². The smallest absolute Gasteiger partial charge is 0.258 e. The number of piperidine rings is 1. The van der Waals surface area contributed by atoms with Gasteiger partial charge in [-0.3, -0.25) is 19.6 Å². The first-order chi connectivity index (χ1) is 22.4. The van der Waals surface area contributed by atoms with E-state index in [0.717, 1.165) is 54.5 Å². The number of carbonyl (C=O) groups is 2. The van der Waals surface area contributed by atoms with E-state index < -0.39 is 37.9 Å². The van der Waals surface area contributed by atoms with Crippen molar-refractivity contribution in [3.8, 4) is 0 Å². The van der Waals surface area contributed by atoms with Gasteiger partial charge in [-0.1, -0.05) is 20.3 Å². The van der Waals surface area contributed by atoms with E-state index in [2.05, 4.69) is 30.6 Å². The number of rotatable bonds is 8. The van der Waals surface area contributed by atoms with Crippen molar-refractivity contribution in [1.29, 1.82) is 0 Å². The lowest BCUT2D eigenvalue weighted by Crippen LogP contribution is -2.45. The molecular formula is C32H39F2N7O5S. The first-order valence-corrected chi connectivity index (χ1v) is 17.2. The molecule has 0 unspecified atom stereocenters. The maximum absolute atomic E-state index is 14.0. The zero-order chi connectivity index (χ0) is 33.3. The van der Waals surface area contributed by atoms with E-state index in [0.29, 0.717) is 49.3 Å². The average molecular weight is 672 g/mol. The minimum Gasteiger partial charge on any atom is -0.378 e. The summed E-state index contributed by atoms with van der Waals surface area (Å²) in [6.07, 6.45) is 3.22. The van der Waals surface area contributed by atoms with Crippen LogP contribution in [-0.4, -0.2) is 92.1 Å². The number of ether oxygens (including phenoxy) is 1. The fourth-order valence-electron chi connectivity index (χ4n) is 6.47. The first-order valence-electron chi connectivity index (χ1n) is 15.7. The molecule has 0 radical (unpaired) electrons. The quantitative estimate of drug-likeness (QED) is 0.330. The number of aromatic amines is 1. The van der Waals surface area contributed by atoms with Gasteiger partial charge in [0.05, 0.1) is 35.9 Å². The molecule has 12 nitrogen and oxygen atoms in total. The minimum atomic E-state index is -4.31. The number of amides is 2. The highest BCUT2D eigenvalue weighted by Gasteiger charge is 2.41. The number of anilines is 3. The van der Waals surface area contributed by atoms with E-state index in [-0.39, 0.29) is 36.9 Å². The normalized spacial score (nSPS) is 18.9. The second kappa shape index (κ2) is 13.3. The van der Waals surface area contributed by atoms with Gasteiger partial charge in [-0.05, 0) is 56.3 Å². The van der Waals surface area contributed by atoms with Gasteiger partial charge < -0.3 is 20.3 Å². The van der Waals surface area contributed by atoms with Crippen LogP contribution in [0.5, 0.6) is 0 Å². The van der Waals surface area contributed by atoms with E-state index in [1.807, 2.05) is 19.9 Å².